The van der Waals surface area contributed by atoms with Gasteiger partial charge in [0.25, 0.3) is 0 Å². The van der Waals surface area contributed by atoms with E-state index in [4.69, 9.17) is 16.3 Å². The molecule has 1 saturated carbocycles. The van der Waals surface area contributed by atoms with Crippen molar-refractivity contribution in [2.75, 3.05) is 0 Å². The van der Waals surface area contributed by atoms with E-state index >= 15 is 0 Å². The van der Waals surface area contributed by atoms with Crippen molar-refractivity contribution in [3.63, 3.8) is 0 Å². The van der Waals surface area contributed by atoms with E-state index in [0.29, 0.717) is 5.02 Å². The minimum absolute atomic E-state index is 0.178. The van der Waals surface area contributed by atoms with Crippen LogP contribution >= 0.6 is 11.6 Å². The number of ether oxygens (including phenoxy) is 1. The van der Waals surface area contributed by atoms with Gasteiger partial charge in [0.1, 0.15) is 17.6 Å². The molecule has 2 nitrogen and oxygen atoms in total. The van der Waals surface area contributed by atoms with Gasteiger partial charge in [-0.15, -0.1) is 0 Å². The van der Waals surface area contributed by atoms with Crippen LogP contribution in [0, 0.1) is 5.92 Å². The van der Waals surface area contributed by atoms with Gasteiger partial charge < -0.3 is 4.74 Å². The molecule has 1 aliphatic rings. The van der Waals surface area contributed by atoms with E-state index in [0.717, 1.165) is 18.6 Å². The molecule has 3 heteroatoms. The summed E-state index contributed by atoms with van der Waals surface area (Å²) in [6, 6.07) is 7.35. The molecule has 0 atom stereocenters. The fourth-order valence-corrected chi connectivity index (χ4v) is 1.91. The lowest BCUT2D eigenvalue weighted by Gasteiger charge is -2.33. The van der Waals surface area contributed by atoms with Crippen LogP contribution in [0.15, 0.2) is 24.3 Å². The van der Waals surface area contributed by atoms with Crippen molar-refractivity contribution in [2.45, 2.75) is 25.9 Å². The number of carbonyl (C=O) groups excluding carboxylic acids is 1. The zero-order chi connectivity index (χ0) is 10.8. The summed E-state index contributed by atoms with van der Waals surface area (Å²) in [4.78, 5) is 11.0. The molecular formula is C12H13ClO2. The van der Waals surface area contributed by atoms with Crippen molar-refractivity contribution < 1.29 is 9.53 Å². The van der Waals surface area contributed by atoms with Crippen molar-refractivity contribution in [1.82, 2.24) is 0 Å². The van der Waals surface area contributed by atoms with Crippen LogP contribution in [0.3, 0.4) is 0 Å². The van der Waals surface area contributed by atoms with Crippen molar-refractivity contribution in [3.05, 3.63) is 29.3 Å². The van der Waals surface area contributed by atoms with Gasteiger partial charge in [0.05, 0.1) is 0 Å². The monoisotopic (exact) mass is 224 g/mol. The van der Waals surface area contributed by atoms with E-state index in [9.17, 15) is 4.79 Å². The number of hydrogen-bond donors (Lipinski definition) is 0. The van der Waals surface area contributed by atoms with Crippen molar-refractivity contribution in [3.8, 4) is 5.75 Å². The summed E-state index contributed by atoms with van der Waals surface area (Å²) >= 11 is 5.83. The fourth-order valence-electron chi connectivity index (χ4n) is 1.73. The minimum Gasteiger partial charge on any atom is -0.490 e. The number of rotatable bonds is 3. The molecule has 0 heterocycles. The highest BCUT2D eigenvalue weighted by molar-refractivity contribution is 6.30. The maximum Gasteiger partial charge on any atom is 0.133 e. The van der Waals surface area contributed by atoms with Crippen LogP contribution < -0.4 is 4.74 Å². The van der Waals surface area contributed by atoms with Crippen LogP contribution in [0.25, 0.3) is 0 Å². The molecule has 0 unspecified atom stereocenters. The lowest BCUT2D eigenvalue weighted by atomic mass is 9.80. The largest absolute Gasteiger partial charge is 0.490 e. The Morgan fingerprint density at radius 1 is 1.47 bits per heavy atom. The first-order valence-corrected chi connectivity index (χ1v) is 5.45. The number of carbonyl (C=O) groups is 1. The van der Waals surface area contributed by atoms with Gasteiger partial charge in [-0.05, 0) is 38.0 Å². The number of halogens is 1. The third-order valence-corrected chi connectivity index (χ3v) is 3.00. The standard InChI is InChI=1S/C12H13ClO2/c1-8(14)9-5-12(6-9)15-11-4-2-3-10(13)7-11/h2-4,7,9,12H,5-6H2,1H3/t9-,12-. The molecular weight excluding hydrogens is 212 g/mol. The maximum absolute atomic E-state index is 11.0. The van der Waals surface area contributed by atoms with E-state index < -0.39 is 0 Å². The molecule has 0 saturated heterocycles. The molecule has 0 radical (unpaired) electrons. The molecule has 1 aromatic rings. The van der Waals surface area contributed by atoms with E-state index in [-0.39, 0.29) is 17.8 Å². The lowest BCUT2D eigenvalue weighted by Crippen LogP contribution is -2.37. The molecule has 80 valence electrons. The predicted octanol–water partition coefficient (Wildman–Crippen LogP) is 3.09. The van der Waals surface area contributed by atoms with Crippen LogP contribution in [-0.4, -0.2) is 11.9 Å². The highest BCUT2D eigenvalue weighted by Gasteiger charge is 2.33. The number of hydrogen-bond acceptors (Lipinski definition) is 2. The Kier molecular flexibility index (Phi) is 2.96. The zero-order valence-corrected chi connectivity index (χ0v) is 9.33. The molecule has 0 aromatic heterocycles. The smallest absolute Gasteiger partial charge is 0.133 e. The predicted molar refractivity (Wildman–Crippen MR) is 59.3 cm³/mol. The van der Waals surface area contributed by atoms with Gasteiger partial charge in [0.15, 0.2) is 0 Å². The average Bonchev–Trinajstić information content (AvgIpc) is 2.10. The number of ketones is 1. The second kappa shape index (κ2) is 4.23. The van der Waals surface area contributed by atoms with Crippen LogP contribution in [0.5, 0.6) is 5.75 Å². The Labute approximate surface area is 94.2 Å². The van der Waals surface area contributed by atoms with E-state index in [1.54, 1.807) is 13.0 Å². The van der Waals surface area contributed by atoms with Gasteiger partial charge in [-0.3, -0.25) is 4.79 Å². The summed E-state index contributed by atoms with van der Waals surface area (Å²) in [6.45, 7) is 1.64. The van der Waals surface area contributed by atoms with Gasteiger partial charge in [-0.25, -0.2) is 0 Å². The topological polar surface area (TPSA) is 26.3 Å². The molecule has 1 aromatic carbocycles. The Hall–Kier alpha value is -1.02. The van der Waals surface area contributed by atoms with Crippen LogP contribution in [-0.2, 0) is 4.79 Å². The highest BCUT2D eigenvalue weighted by atomic mass is 35.5. The van der Waals surface area contributed by atoms with Crippen molar-refractivity contribution in [1.29, 1.82) is 0 Å². The second-order valence-corrected chi connectivity index (χ2v) is 4.41. The molecule has 0 spiro atoms. The second-order valence-electron chi connectivity index (χ2n) is 3.98. The average molecular weight is 225 g/mol. The Balaban J connectivity index is 1.87. The minimum atomic E-state index is 0.178. The SMILES string of the molecule is CC(=O)[C@H]1C[C@H](Oc2cccc(Cl)c2)C1. The maximum atomic E-state index is 11.0. The Morgan fingerprint density at radius 3 is 2.80 bits per heavy atom. The van der Waals surface area contributed by atoms with Crippen molar-refractivity contribution >= 4 is 17.4 Å². The fraction of sp³-hybridized carbons (Fsp3) is 0.417. The van der Waals surface area contributed by atoms with Crippen LogP contribution in [0.2, 0.25) is 5.02 Å². The Bertz CT molecular complexity index is 370. The van der Waals surface area contributed by atoms with Crippen LogP contribution in [0.4, 0.5) is 0 Å². The molecule has 0 aliphatic heterocycles. The summed E-state index contributed by atoms with van der Waals surface area (Å²) in [5.74, 6) is 1.25. The van der Waals surface area contributed by atoms with E-state index in [1.165, 1.54) is 0 Å². The van der Waals surface area contributed by atoms with E-state index in [1.807, 2.05) is 18.2 Å². The summed E-state index contributed by atoms with van der Waals surface area (Å²) < 4.78 is 5.67. The van der Waals surface area contributed by atoms with Gasteiger partial charge in [0.2, 0.25) is 0 Å². The summed E-state index contributed by atoms with van der Waals surface area (Å²) in [5.41, 5.74) is 0. The molecule has 15 heavy (non-hydrogen) atoms. The third-order valence-electron chi connectivity index (χ3n) is 2.77. The van der Waals surface area contributed by atoms with Gasteiger partial charge in [-0.2, -0.15) is 0 Å². The normalized spacial score (nSPS) is 24.4. The summed E-state index contributed by atoms with van der Waals surface area (Å²) in [6.07, 6.45) is 1.85. The molecule has 2 rings (SSSR count). The first kappa shape index (κ1) is 10.5. The quantitative estimate of drug-likeness (QED) is 0.789. The van der Waals surface area contributed by atoms with Gasteiger partial charge >= 0.3 is 0 Å². The molecule has 1 fully saturated rings. The molecule has 0 amide bonds. The first-order valence-electron chi connectivity index (χ1n) is 5.08. The number of benzene rings is 1. The molecule has 0 bridgehead atoms. The Morgan fingerprint density at radius 2 is 2.20 bits per heavy atom. The highest BCUT2D eigenvalue weighted by Crippen LogP contribution is 2.32. The van der Waals surface area contributed by atoms with E-state index in [2.05, 4.69) is 0 Å². The first-order chi connectivity index (χ1) is 7.15. The summed E-state index contributed by atoms with van der Waals surface area (Å²) in [7, 11) is 0. The van der Waals surface area contributed by atoms with Gasteiger partial charge in [0, 0.05) is 10.9 Å². The summed E-state index contributed by atoms with van der Waals surface area (Å²) in [5, 5.41) is 0.676. The zero-order valence-electron chi connectivity index (χ0n) is 8.57. The number of Topliss-reactive ketones (excluding diaryl/α,β-unsaturated/α-hetero) is 1. The van der Waals surface area contributed by atoms with Crippen molar-refractivity contribution in [2.24, 2.45) is 5.92 Å². The molecule has 0 N–H and O–H groups in total. The molecule has 1 aliphatic carbocycles. The van der Waals surface area contributed by atoms with Gasteiger partial charge in [-0.1, -0.05) is 17.7 Å². The van der Waals surface area contributed by atoms with Crippen LogP contribution in [0.1, 0.15) is 19.8 Å². The lowest BCUT2D eigenvalue weighted by molar-refractivity contribution is -0.126. The third kappa shape index (κ3) is 2.51.